The molecule has 0 aliphatic carbocycles. The Labute approximate surface area is 175 Å². The van der Waals surface area contributed by atoms with Crippen molar-refractivity contribution in [1.29, 1.82) is 0 Å². The van der Waals surface area contributed by atoms with Gasteiger partial charge in [-0.25, -0.2) is 0 Å². The summed E-state index contributed by atoms with van der Waals surface area (Å²) in [6.45, 7) is 6.28. The smallest absolute Gasteiger partial charge is 0.193 e. The molecular weight excluding hydrogens is 356 g/mol. The topological polar surface area (TPSA) is 26.3 Å². The Morgan fingerprint density at radius 3 is 1.79 bits per heavy atom. The van der Waals surface area contributed by atoms with Crippen molar-refractivity contribution < 1.29 is 9.53 Å². The minimum Gasteiger partial charge on any atom is -0.381 e. The molecule has 0 bridgehead atoms. The summed E-state index contributed by atoms with van der Waals surface area (Å²) in [5, 5.41) is 0. The van der Waals surface area contributed by atoms with E-state index in [-0.39, 0.29) is 5.78 Å². The summed E-state index contributed by atoms with van der Waals surface area (Å²) in [6, 6.07) is 27.1. The number of unbranched alkanes of at least 4 members (excludes halogenated alkanes) is 2. The normalized spacial score (nSPS) is 10.1. The first-order chi connectivity index (χ1) is 14.3. The Bertz CT molecular complexity index is 819. The zero-order valence-electron chi connectivity index (χ0n) is 17.6. The molecule has 29 heavy (non-hydrogen) atoms. The summed E-state index contributed by atoms with van der Waals surface area (Å²) in [5.74, 6) is 0.0602. The molecule has 0 unspecified atom stereocenters. The maximum absolute atomic E-state index is 12.6. The number of benzene rings is 3. The molecule has 0 heterocycles. The van der Waals surface area contributed by atoms with E-state index in [4.69, 9.17) is 4.74 Å². The Morgan fingerprint density at radius 1 is 0.690 bits per heavy atom. The van der Waals surface area contributed by atoms with Crippen LogP contribution in [0.3, 0.4) is 0 Å². The van der Waals surface area contributed by atoms with Gasteiger partial charge in [-0.15, -0.1) is 0 Å². The molecule has 0 aliphatic heterocycles. The minimum atomic E-state index is 0.0602. The summed E-state index contributed by atoms with van der Waals surface area (Å²) in [5.41, 5.74) is 3.50. The first-order valence-electron chi connectivity index (χ1n) is 10.6. The molecule has 0 atom stereocenters. The van der Waals surface area contributed by atoms with Gasteiger partial charge in [0.2, 0.25) is 0 Å². The quantitative estimate of drug-likeness (QED) is 0.286. The van der Waals surface area contributed by atoms with Crippen LogP contribution in [0.15, 0.2) is 84.9 Å². The van der Waals surface area contributed by atoms with Crippen molar-refractivity contribution in [2.75, 3.05) is 13.2 Å². The van der Waals surface area contributed by atoms with Gasteiger partial charge in [0, 0.05) is 24.3 Å². The molecule has 0 aliphatic rings. The molecule has 0 amide bonds. The molecule has 2 heteroatoms. The fourth-order valence-corrected chi connectivity index (χ4v) is 2.89. The molecule has 0 spiro atoms. The van der Waals surface area contributed by atoms with E-state index < -0.39 is 0 Å². The second-order valence-corrected chi connectivity index (χ2v) is 6.93. The Morgan fingerprint density at radius 2 is 1.21 bits per heavy atom. The van der Waals surface area contributed by atoms with Crippen LogP contribution in [-0.2, 0) is 4.74 Å². The molecule has 3 aromatic carbocycles. The van der Waals surface area contributed by atoms with E-state index >= 15 is 0 Å². The minimum absolute atomic E-state index is 0.0602. The van der Waals surface area contributed by atoms with Crippen LogP contribution in [0, 0.1) is 0 Å². The van der Waals surface area contributed by atoms with Crippen LogP contribution in [0.1, 0.15) is 55.5 Å². The van der Waals surface area contributed by atoms with Gasteiger partial charge in [0.15, 0.2) is 5.78 Å². The number of ketones is 1. The van der Waals surface area contributed by atoms with E-state index in [0.717, 1.165) is 35.5 Å². The number of rotatable bonds is 9. The lowest BCUT2D eigenvalue weighted by molar-refractivity contribution is 0.103. The molecule has 0 N–H and O–H groups in total. The maximum Gasteiger partial charge on any atom is 0.193 e. The average molecular weight is 389 g/mol. The lowest BCUT2D eigenvalue weighted by Crippen LogP contribution is -2.03. The summed E-state index contributed by atoms with van der Waals surface area (Å²) in [6.07, 6.45) is 4.91. The fraction of sp³-hybridized carbons (Fsp3) is 0.296. The number of carbonyl (C=O) groups is 1. The van der Waals surface area contributed by atoms with Crippen LogP contribution in [0.4, 0.5) is 0 Å². The summed E-state index contributed by atoms with van der Waals surface area (Å²) in [4.78, 5) is 12.6. The van der Waals surface area contributed by atoms with Gasteiger partial charge in [-0.05, 0) is 24.0 Å². The molecule has 3 rings (SSSR count). The van der Waals surface area contributed by atoms with Gasteiger partial charge < -0.3 is 4.74 Å². The van der Waals surface area contributed by atoms with Crippen LogP contribution >= 0.6 is 0 Å². The lowest BCUT2D eigenvalue weighted by atomic mass is 9.94. The van der Waals surface area contributed by atoms with Gasteiger partial charge in [0.05, 0.1) is 0 Å². The highest BCUT2D eigenvalue weighted by molar-refractivity contribution is 6.12. The predicted molar refractivity (Wildman–Crippen MR) is 122 cm³/mol. The van der Waals surface area contributed by atoms with Gasteiger partial charge in [0.25, 0.3) is 0 Å². The SMILES string of the molecule is CCCCOCCCC.O=C(c1ccccc1)c1ccccc1-c1ccccc1. The van der Waals surface area contributed by atoms with Crippen LogP contribution < -0.4 is 0 Å². The zero-order chi connectivity index (χ0) is 20.7. The fourth-order valence-electron chi connectivity index (χ4n) is 2.89. The van der Waals surface area contributed by atoms with E-state index in [0.29, 0.717) is 0 Å². The largest absolute Gasteiger partial charge is 0.381 e. The first kappa shape index (κ1) is 22.6. The predicted octanol–water partition coefficient (Wildman–Crippen LogP) is 7.19. The van der Waals surface area contributed by atoms with Gasteiger partial charge in [-0.3, -0.25) is 4.79 Å². The zero-order valence-corrected chi connectivity index (χ0v) is 17.6. The molecule has 3 aromatic rings. The highest BCUT2D eigenvalue weighted by atomic mass is 16.5. The van der Waals surface area contributed by atoms with Crippen LogP contribution in [0.25, 0.3) is 11.1 Å². The molecule has 0 fully saturated rings. The van der Waals surface area contributed by atoms with E-state index in [1.165, 1.54) is 25.7 Å². The van der Waals surface area contributed by atoms with Crippen LogP contribution in [0.5, 0.6) is 0 Å². The van der Waals surface area contributed by atoms with E-state index in [2.05, 4.69) is 13.8 Å². The van der Waals surface area contributed by atoms with Crippen LogP contribution in [-0.4, -0.2) is 19.0 Å². The highest BCUT2D eigenvalue weighted by Crippen LogP contribution is 2.25. The van der Waals surface area contributed by atoms with Gasteiger partial charge >= 0.3 is 0 Å². The maximum atomic E-state index is 12.6. The highest BCUT2D eigenvalue weighted by Gasteiger charge is 2.13. The Balaban J connectivity index is 0.000000284. The standard InChI is InChI=1S/C19H14O.C8H18O/c20-19(16-11-5-2-6-12-16)18-14-8-7-13-17(18)15-9-3-1-4-10-15;1-3-5-7-9-8-6-4-2/h1-14H;3-8H2,1-2H3. The summed E-state index contributed by atoms with van der Waals surface area (Å²) >= 11 is 0. The second kappa shape index (κ2) is 13.5. The molecule has 0 aromatic heterocycles. The first-order valence-corrected chi connectivity index (χ1v) is 10.6. The number of ether oxygens (including phenoxy) is 1. The van der Waals surface area contributed by atoms with Crippen molar-refractivity contribution in [1.82, 2.24) is 0 Å². The molecule has 0 saturated heterocycles. The van der Waals surface area contributed by atoms with Crippen molar-refractivity contribution in [2.45, 2.75) is 39.5 Å². The molecule has 0 radical (unpaired) electrons. The van der Waals surface area contributed by atoms with Gasteiger partial charge in [0.1, 0.15) is 0 Å². The third kappa shape index (κ3) is 7.67. The molecular formula is C27H32O2. The van der Waals surface area contributed by atoms with Crippen molar-refractivity contribution in [3.8, 4) is 11.1 Å². The monoisotopic (exact) mass is 388 g/mol. The van der Waals surface area contributed by atoms with Crippen molar-refractivity contribution in [3.63, 3.8) is 0 Å². The van der Waals surface area contributed by atoms with E-state index in [1.807, 2.05) is 84.9 Å². The number of hydrogen-bond acceptors (Lipinski definition) is 2. The van der Waals surface area contributed by atoms with Gasteiger partial charge in [-0.1, -0.05) is 112 Å². The van der Waals surface area contributed by atoms with Crippen molar-refractivity contribution in [2.24, 2.45) is 0 Å². The third-order valence-electron chi connectivity index (χ3n) is 4.58. The molecule has 152 valence electrons. The van der Waals surface area contributed by atoms with Gasteiger partial charge in [-0.2, -0.15) is 0 Å². The molecule has 0 saturated carbocycles. The summed E-state index contributed by atoms with van der Waals surface area (Å²) in [7, 11) is 0. The summed E-state index contributed by atoms with van der Waals surface area (Å²) < 4.78 is 5.31. The second-order valence-electron chi connectivity index (χ2n) is 6.93. The van der Waals surface area contributed by atoms with E-state index in [9.17, 15) is 4.79 Å². The third-order valence-corrected chi connectivity index (χ3v) is 4.58. The average Bonchev–Trinajstić information content (AvgIpc) is 2.80. The Hall–Kier alpha value is -2.71. The number of carbonyl (C=O) groups excluding carboxylic acids is 1. The Kier molecular flexibility index (Phi) is 10.5. The van der Waals surface area contributed by atoms with Crippen LogP contribution in [0.2, 0.25) is 0 Å². The lowest BCUT2D eigenvalue weighted by Gasteiger charge is -2.09. The van der Waals surface area contributed by atoms with E-state index in [1.54, 1.807) is 0 Å². The van der Waals surface area contributed by atoms with Crippen molar-refractivity contribution >= 4 is 5.78 Å². The molecule has 2 nitrogen and oxygen atoms in total. The number of hydrogen-bond donors (Lipinski definition) is 0. The van der Waals surface area contributed by atoms with Crippen molar-refractivity contribution in [3.05, 3.63) is 96.1 Å².